The quantitative estimate of drug-likeness (QED) is 0.131. The average molecular weight is 484 g/mol. The SMILES string of the molecule is CCCCCCCCCCCCCCCCCC(=O)O.CCCCCCCCCN(C)C(C)C. The highest BCUT2D eigenvalue weighted by Gasteiger charge is 2.01. The Morgan fingerprint density at radius 3 is 1.15 bits per heavy atom. The third-order valence-electron chi connectivity index (χ3n) is 6.99. The minimum atomic E-state index is -0.653. The van der Waals surface area contributed by atoms with E-state index >= 15 is 0 Å². The first-order chi connectivity index (χ1) is 16.5. The molecule has 0 atom stereocenters. The number of carboxylic acids is 1. The molecular formula is C31H65NO2. The lowest BCUT2D eigenvalue weighted by atomic mass is 10.0. The van der Waals surface area contributed by atoms with Gasteiger partial charge in [-0.3, -0.25) is 4.79 Å². The first-order valence-corrected chi connectivity index (χ1v) is 15.4. The number of rotatable bonds is 25. The van der Waals surface area contributed by atoms with Crippen molar-refractivity contribution in [3.63, 3.8) is 0 Å². The number of hydrogen-bond acceptors (Lipinski definition) is 2. The maximum absolute atomic E-state index is 10.3. The third-order valence-corrected chi connectivity index (χ3v) is 6.99. The molecule has 0 unspecified atom stereocenters. The fourth-order valence-electron chi connectivity index (χ4n) is 4.22. The van der Waals surface area contributed by atoms with Crippen molar-refractivity contribution in [2.45, 2.75) is 181 Å². The predicted molar refractivity (Wildman–Crippen MR) is 153 cm³/mol. The topological polar surface area (TPSA) is 40.5 Å². The number of hydrogen-bond donors (Lipinski definition) is 1. The van der Waals surface area contributed by atoms with Crippen LogP contribution in [0.15, 0.2) is 0 Å². The lowest BCUT2D eigenvalue weighted by molar-refractivity contribution is -0.137. The molecule has 0 aliphatic heterocycles. The molecule has 0 aliphatic rings. The minimum Gasteiger partial charge on any atom is -0.481 e. The summed E-state index contributed by atoms with van der Waals surface area (Å²) in [7, 11) is 2.22. The van der Waals surface area contributed by atoms with Gasteiger partial charge in [-0.25, -0.2) is 0 Å². The highest BCUT2D eigenvalue weighted by Crippen LogP contribution is 2.13. The van der Waals surface area contributed by atoms with E-state index in [0.29, 0.717) is 12.5 Å². The van der Waals surface area contributed by atoms with Gasteiger partial charge in [0.1, 0.15) is 0 Å². The normalized spacial score (nSPS) is 11.1. The zero-order chi connectivity index (χ0) is 25.7. The number of carboxylic acid groups (broad SMARTS) is 1. The van der Waals surface area contributed by atoms with Crippen molar-refractivity contribution in [2.24, 2.45) is 0 Å². The van der Waals surface area contributed by atoms with Gasteiger partial charge in [-0.05, 0) is 40.3 Å². The summed E-state index contributed by atoms with van der Waals surface area (Å²) in [6.45, 7) is 10.3. The van der Waals surface area contributed by atoms with E-state index < -0.39 is 5.97 Å². The highest BCUT2D eigenvalue weighted by atomic mass is 16.4. The van der Waals surface area contributed by atoms with Gasteiger partial charge >= 0.3 is 5.97 Å². The fourth-order valence-corrected chi connectivity index (χ4v) is 4.22. The van der Waals surface area contributed by atoms with E-state index in [1.807, 2.05) is 0 Å². The number of aliphatic carboxylic acids is 1. The van der Waals surface area contributed by atoms with Crippen molar-refractivity contribution in [1.29, 1.82) is 0 Å². The van der Waals surface area contributed by atoms with Gasteiger partial charge in [-0.2, -0.15) is 0 Å². The Kier molecular flexibility index (Phi) is 31.9. The molecule has 1 N–H and O–H groups in total. The molecular weight excluding hydrogens is 418 g/mol. The number of unbranched alkanes of at least 4 members (excludes halogenated alkanes) is 20. The van der Waals surface area contributed by atoms with Crippen LogP contribution in [-0.4, -0.2) is 35.6 Å². The molecule has 0 bridgehead atoms. The molecule has 3 nitrogen and oxygen atoms in total. The van der Waals surface area contributed by atoms with E-state index in [4.69, 9.17) is 5.11 Å². The van der Waals surface area contributed by atoms with Crippen LogP contribution in [0.2, 0.25) is 0 Å². The van der Waals surface area contributed by atoms with Crippen LogP contribution in [-0.2, 0) is 4.79 Å². The monoisotopic (exact) mass is 484 g/mol. The van der Waals surface area contributed by atoms with Crippen molar-refractivity contribution in [3.8, 4) is 0 Å². The summed E-state index contributed by atoms with van der Waals surface area (Å²) in [5.74, 6) is -0.653. The fraction of sp³-hybridized carbons (Fsp3) is 0.968. The molecule has 0 radical (unpaired) electrons. The first kappa shape index (κ1) is 35.6. The van der Waals surface area contributed by atoms with E-state index in [9.17, 15) is 4.79 Å². The standard InChI is InChI=1S/C18H36O2.C13H29N/c1-2-3-4-5-6-7-8-9-10-11-12-13-14-15-16-17-18(19)20;1-5-6-7-8-9-10-11-12-14(4)13(2)3/h2-17H2,1H3,(H,19,20);13H,5-12H2,1-4H3. The summed E-state index contributed by atoms with van der Waals surface area (Å²) in [6.07, 6.45) is 30.1. The van der Waals surface area contributed by atoms with Gasteiger partial charge in [0, 0.05) is 12.5 Å². The zero-order valence-corrected chi connectivity index (χ0v) is 24.4. The van der Waals surface area contributed by atoms with E-state index in [1.165, 1.54) is 135 Å². The maximum atomic E-state index is 10.3. The van der Waals surface area contributed by atoms with Gasteiger partial charge in [-0.1, -0.05) is 142 Å². The molecule has 0 aromatic heterocycles. The summed E-state index contributed by atoms with van der Waals surface area (Å²) < 4.78 is 0. The summed E-state index contributed by atoms with van der Waals surface area (Å²) in [5.41, 5.74) is 0. The Balaban J connectivity index is 0. The Bertz CT molecular complexity index is 384. The zero-order valence-electron chi connectivity index (χ0n) is 24.4. The van der Waals surface area contributed by atoms with Crippen LogP contribution in [0.3, 0.4) is 0 Å². The molecule has 0 aromatic carbocycles. The molecule has 0 spiro atoms. The minimum absolute atomic E-state index is 0.345. The molecule has 3 heteroatoms. The summed E-state index contributed by atoms with van der Waals surface area (Å²) in [5, 5.41) is 8.52. The second-order valence-corrected chi connectivity index (χ2v) is 10.8. The van der Waals surface area contributed by atoms with Gasteiger partial charge in [0.05, 0.1) is 0 Å². The predicted octanol–water partition coefficient (Wildman–Crippen LogP) is 10.4. The van der Waals surface area contributed by atoms with Gasteiger partial charge in [0.25, 0.3) is 0 Å². The Labute approximate surface area is 215 Å². The lowest BCUT2D eigenvalue weighted by Gasteiger charge is -2.20. The van der Waals surface area contributed by atoms with Crippen molar-refractivity contribution in [2.75, 3.05) is 13.6 Å². The van der Waals surface area contributed by atoms with Gasteiger partial charge < -0.3 is 10.0 Å². The average Bonchev–Trinajstić information content (AvgIpc) is 2.81. The van der Waals surface area contributed by atoms with Crippen LogP contribution in [0.1, 0.15) is 175 Å². The Morgan fingerprint density at radius 1 is 0.559 bits per heavy atom. The van der Waals surface area contributed by atoms with Gasteiger partial charge in [0.2, 0.25) is 0 Å². The van der Waals surface area contributed by atoms with E-state index in [0.717, 1.165) is 12.8 Å². The molecule has 0 aliphatic carbocycles. The molecule has 0 saturated heterocycles. The molecule has 206 valence electrons. The first-order valence-electron chi connectivity index (χ1n) is 15.4. The van der Waals surface area contributed by atoms with Crippen molar-refractivity contribution < 1.29 is 9.90 Å². The largest absolute Gasteiger partial charge is 0.481 e. The number of nitrogens with zero attached hydrogens (tertiary/aromatic N) is 1. The summed E-state index contributed by atoms with van der Waals surface area (Å²) in [4.78, 5) is 12.8. The molecule has 0 aromatic rings. The molecule has 0 saturated carbocycles. The Hall–Kier alpha value is -0.570. The molecule has 0 rings (SSSR count). The second kappa shape index (κ2) is 30.5. The Morgan fingerprint density at radius 2 is 0.853 bits per heavy atom. The molecule has 0 amide bonds. The van der Waals surface area contributed by atoms with E-state index in [-0.39, 0.29) is 0 Å². The van der Waals surface area contributed by atoms with Crippen molar-refractivity contribution in [3.05, 3.63) is 0 Å². The van der Waals surface area contributed by atoms with Gasteiger partial charge in [-0.15, -0.1) is 0 Å². The van der Waals surface area contributed by atoms with Crippen LogP contribution >= 0.6 is 0 Å². The van der Waals surface area contributed by atoms with Crippen molar-refractivity contribution in [1.82, 2.24) is 4.90 Å². The van der Waals surface area contributed by atoms with Crippen LogP contribution in [0.5, 0.6) is 0 Å². The molecule has 0 heterocycles. The van der Waals surface area contributed by atoms with Crippen molar-refractivity contribution >= 4 is 5.97 Å². The lowest BCUT2D eigenvalue weighted by Crippen LogP contribution is -2.27. The van der Waals surface area contributed by atoms with Crippen LogP contribution in [0.25, 0.3) is 0 Å². The van der Waals surface area contributed by atoms with Crippen LogP contribution in [0, 0.1) is 0 Å². The smallest absolute Gasteiger partial charge is 0.303 e. The van der Waals surface area contributed by atoms with E-state index in [1.54, 1.807) is 0 Å². The number of carbonyl (C=O) groups is 1. The summed E-state index contributed by atoms with van der Waals surface area (Å²) >= 11 is 0. The van der Waals surface area contributed by atoms with Gasteiger partial charge in [0.15, 0.2) is 0 Å². The second-order valence-electron chi connectivity index (χ2n) is 10.8. The highest BCUT2D eigenvalue weighted by molar-refractivity contribution is 5.66. The van der Waals surface area contributed by atoms with Crippen LogP contribution < -0.4 is 0 Å². The van der Waals surface area contributed by atoms with Crippen LogP contribution in [0.4, 0.5) is 0 Å². The molecule has 0 fully saturated rings. The molecule has 34 heavy (non-hydrogen) atoms. The summed E-state index contributed by atoms with van der Waals surface area (Å²) in [6, 6.07) is 0.704. The van der Waals surface area contributed by atoms with E-state index in [2.05, 4.69) is 39.6 Å². The third kappa shape index (κ3) is 33.6. The maximum Gasteiger partial charge on any atom is 0.303 e.